The van der Waals surface area contributed by atoms with E-state index in [1.54, 1.807) is 0 Å². The van der Waals surface area contributed by atoms with Gasteiger partial charge in [0.1, 0.15) is 0 Å². The zero-order valence-corrected chi connectivity index (χ0v) is 14.8. The Bertz CT molecular complexity index is 1020. The predicted molar refractivity (Wildman–Crippen MR) is 106 cm³/mol. The summed E-state index contributed by atoms with van der Waals surface area (Å²) in [6.45, 7) is 0. The normalized spacial score (nSPS) is 13.9. The molecule has 2 heterocycles. The van der Waals surface area contributed by atoms with Gasteiger partial charge < -0.3 is 10.3 Å². The smallest absolute Gasteiger partial charge is 0.240 e. The number of benzene rings is 2. The molecule has 136 valence electrons. The van der Waals surface area contributed by atoms with E-state index in [1.807, 2.05) is 48.7 Å². The molecule has 2 aromatic carbocycles. The Morgan fingerprint density at radius 2 is 1.89 bits per heavy atom. The molecule has 27 heavy (non-hydrogen) atoms. The van der Waals surface area contributed by atoms with E-state index in [0.717, 1.165) is 33.4 Å². The number of hydrogen-bond donors (Lipinski definition) is 3. The number of amides is 2. The molecular formula is C21H20N4O2. The molecule has 3 N–H and O–H groups in total. The minimum absolute atomic E-state index is 0.0182. The summed E-state index contributed by atoms with van der Waals surface area (Å²) in [7, 11) is 0. The highest BCUT2D eigenvalue weighted by Crippen LogP contribution is 2.19. The van der Waals surface area contributed by atoms with Gasteiger partial charge in [0.05, 0.1) is 5.71 Å². The number of aryl methyl sites for hydroxylation is 1. The Morgan fingerprint density at radius 1 is 1.07 bits per heavy atom. The van der Waals surface area contributed by atoms with Crippen LogP contribution in [-0.4, -0.2) is 22.5 Å². The molecule has 0 saturated carbocycles. The Hall–Kier alpha value is -3.41. The molecule has 2 amide bonds. The van der Waals surface area contributed by atoms with Gasteiger partial charge in [0.15, 0.2) is 0 Å². The molecular weight excluding hydrogens is 340 g/mol. The number of carbonyl (C=O) groups is 2. The molecule has 0 fully saturated rings. The third-order valence-corrected chi connectivity index (χ3v) is 4.70. The van der Waals surface area contributed by atoms with Crippen LogP contribution >= 0.6 is 0 Å². The lowest BCUT2D eigenvalue weighted by molar-refractivity contribution is -0.121. The van der Waals surface area contributed by atoms with Crippen molar-refractivity contribution in [1.29, 1.82) is 0 Å². The Kier molecular flexibility index (Phi) is 4.70. The van der Waals surface area contributed by atoms with Crippen LogP contribution in [0.4, 0.5) is 5.69 Å². The molecule has 4 rings (SSSR count). The molecule has 0 radical (unpaired) electrons. The standard InChI is InChI=1S/C21H20N4O2/c26-20(11-7-15-13-22-19-4-2-1-3-17(15)19)23-16-8-5-14(6-9-16)18-10-12-21(27)25-24-18/h1-6,8-9,13,22H,7,10-12H2,(H,23,26)(H,25,27). The Labute approximate surface area is 156 Å². The van der Waals surface area contributed by atoms with Crippen molar-refractivity contribution < 1.29 is 9.59 Å². The lowest BCUT2D eigenvalue weighted by atomic mass is 10.0. The maximum atomic E-state index is 12.3. The molecule has 1 aromatic heterocycles. The van der Waals surface area contributed by atoms with Crippen LogP contribution in [0, 0.1) is 0 Å². The zero-order valence-electron chi connectivity index (χ0n) is 14.8. The van der Waals surface area contributed by atoms with Gasteiger partial charge in [-0.3, -0.25) is 9.59 Å². The second-order valence-electron chi connectivity index (χ2n) is 6.58. The summed E-state index contributed by atoms with van der Waals surface area (Å²) in [6, 6.07) is 15.6. The summed E-state index contributed by atoms with van der Waals surface area (Å²) in [5, 5.41) is 8.17. The van der Waals surface area contributed by atoms with Crippen molar-refractivity contribution in [2.75, 3.05) is 5.32 Å². The van der Waals surface area contributed by atoms with E-state index in [1.165, 1.54) is 0 Å². The molecule has 0 bridgehead atoms. The molecule has 0 spiro atoms. The molecule has 1 aliphatic heterocycles. The second-order valence-corrected chi connectivity index (χ2v) is 6.58. The van der Waals surface area contributed by atoms with Crippen molar-refractivity contribution in [3.05, 3.63) is 65.9 Å². The summed E-state index contributed by atoms with van der Waals surface area (Å²) < 4.78 is 0. The van der Waals surface area contributed by atoms with Crippen molar-refractivity contribution in [1.82, 2.24) is 10.4 Å². The van der Waals surface area contributed by atoms with Gasteiger partial charge in [-0.05, 0) is 35.7 Å². The number of rotatable bonds is 5. The first-order valence-corrected chi connectivity index (χ1v) is 9.00. The summed E-state index contributed by atoms with van der Waals surface area (Å²) >= 11 is 0. The number of aromatic amines is 1. The third kappa shape index (κ3) is 3.89. The molecule has 0 atom stereocenters. The highest BCUT2D eigenvalue weighted by atomic mass is 16.2. The number of anilines is 1. The van der Waals surface area contributed by atoms with Crippen LogP contribution in [0.2, 0.25) is 0 Å². The predicted octanol–water partition coefficient (Wildman–Crippen LogP) is 3.35. The number of aromatic nitrogens is 1. The largest absolute Gasteiger partial charge is 0.361 e. The van der Waals surface area contributed by atoms with E-state index in [4.69, 9.17) is 0 Å². The number of nitrogens with zero attached hydrogens (tertiary/aromatic N) is 1. The Morgan fingerprint density at radius 3 is 2.67 bits per heavy atom. The number of para-hydroxylation sites is 1. The van der Waals surface area contributed by atoms with Gasteiger partial charge in [-0.2, -0.15) is 5.10 Å². The first-order valence-electron chi connectivity index (χ1n) is 9.00. The fraction of sp³-hybridized carbons (Fsp3) is 0.190. The highest BCUT2D eigenvalue weighted by Gasteiger charge is 2.13. The van der Waals surface area contributed by atoms with Crippen molar-refractivity contribution in [2.24, 2.45) is 5.10 Å². The van der Waals surface area contributed by atoms with E-state index in [0.29, 0.717) is 25.7 Å². The molecule has 0 aliphatic carbocycles. The van der Waals surface area contributed by atoms with E-state index in [-0.39, 0.29) is 11.8 Å². The Balaban J connectivity index is 1.35. The van der Waals surface area contributed by atoms with Crippen LogP contribution in [-0.2, 0) is 16.0 Å². The van der Waals surface area contributed by atoms with Crippen LogP contribution in [0.5, 0.6) is 0 Å². The van der Waals surface area contributed by atoms with Crippen molar-refractivity contribution >= 4 is 34.1 Å². The van der Waals surface area contributed by atoms with Crippen molar-refractivity contribution in [3.63, 3.8) is 0 Å². The first kappa shape index (κ1) is 17.0. The number of carbonyl (C=O) groups excluding carboxylic acids is 2. The lowest BCUT2D eigenvalue weighted by Crippen LogP contribution is -2.25. The van der Waals surface area contributed by atoms with Crippen molar-refractivity contribution in [2.45, 2.75) is 25.7 Å². The maximum Gasteiger partial charge on any atom is 0.240 e. The summed E-state index contributed by atoms with van der Waals surface area (Å²) in [4.78, 5) is 26.7. The van der Waals surface area contributed by atoms with Gasteiger partial charge >= 0.3 is 0 Å². The van der Waals surface area contributed by atoms with Gasteiger partial charge in [-0.15, -0.1) is 0 Å². The van der Waals surface area contributed by atoms with Gasteiger partial charge in [0.25, 0.3) is 0 Å². The molecule has 6 heteroatoms. The lowest BCUT2D eigenvalue weighted by Gasteiger charge is -2.12. The molecule has 6 nitrogen and oxygen atoms in total. The first-order chi connectivity index (χ1) is 13.2. The average Bonchev–Trinajstić information content (AvgIpc) is 3.11. The van der Waals surface area contributed by atoms with Crippen molar-refractivity contribution in [3.8, 4) is 0 Å². The topological polar surface area (TPSA) is 86.3 Å². The second kappa shape index (κ2) is 7.45. The van der Waals surface area contributed by atoms with Gasteiger partial charge in [-0.25, -0.2) is 5.43 Å². The van der Waals surface area contributed by atoms with E-state index < -0.39 is 0 Å². The molecule has 1 aliphatic rings. The monoisotopic (exact) mass is 360 g/mol. The number of hydrogen-bond acceptors (Lipinski definition) is 3. The van der Waals surface area contributed by atoms with Gasteiger partial charge in [-0.1, -0.05) is 30.3 Å². The number of H-pyrrole nitrogens is 1. The third-order valence-electron chi connectivity index (χ3n) is 4.70. The number of hydrazone groups is 1. The quantitative estimate of drug-likeness (QED) is 0.652. The number of fused-ring (bicyclic) bond motifs is 1. The number of nitrogens with one attached hydrogen (secondary N) is 3. The van der Waals surface area contributed by atoms with Crippen LogP contribution in [0.3, 0.4) is 0 Å². The minimum atomic E-state index is -0.0576. The molecule has 3 aromatic rings. The average molecular weight is 360 g/mol. The summed E-state index contributed by atoms with van der Waals surface area (Å²) in [5.74, 6) is -0.0758. The van der Waals surface area contributed by atoms with Crippen LogP contribution in [0.1, 0.15) is 30.4 Å². The van der Waals surface area contributed by atoms with Crippen LogP contribution < -0.4 is 10.7 Å². The minimum Gasteiger partial charge on any atom is -0.361 e. The van der Waals surface area contributed by atoms with Gasteiger partial charge in [0.2, 0.25) is 11.8 Å². The zero-order chi connectivity index (χ0) is 18.6. The van der Waals surface area contributed by atoms with Crippen LogP contribution in [0.25, 0.3) is 10.9 Å². The SMILES string of the molecule is O=C1CCC(c2ccc(NC(=O)CCc3c[nH]c4ccccc34)cc2)=NN1. The summed E-state index contributed by atoms with van der Waals surface area (Å²) in [6.07, 6.45) is 4.15. The molecule has 0 saturated heterocycles. The highest BCUT2D eigenvalue weighted by molar-refractivity contribution is 6.04. The summed E-state index contributed by atoms with van der Waals surface area (Å²) in [5.41, 5.74) is 7.29. The fourth-order valence-corrected chi connectivity index (χ4v) is 3.24. The fourth-order valence-electron chi connectivity index (χ4n) is 3.24. The van der Waals surface area contributed by atoms with E-state index >= 15 is 0 Å². The van der Waals surface area contributed by atoms with E-state index in [2.05, 4.69) is 26.9 Å². The van der Waals surface area contributed by atoms with Crippen LogP contribution in [0.15, 0.2) is 59.8 Å². The van der Waals surface area contributed by atoms with E-state index in [9.17, 15) is 9.59 Å². The van der Waals surface area contributed by atoms with Gasteiger partial charge in [0, 0.05) is 42.0 Å². The molecule has 0 unspecified atom stereocenters. The maximum absolute atomic E-state index is 12.3.